The van der Waals surface area contributed by atoms with Crippen LogP contribution in [0, 0.1) is 0 Å². The molecule has 0 saturated carbocycles. The van der Waals surface area contributed by atoms with Crippen LogP contribution in [0.5, 0.6) is 0 Å². The van der Waals surface area contributed by atoms with Crippen molar-refractivity contribution in [2.24, 2.45) is 4.99 Å². The van der Waals surface area contributed by atoms with E-state index >= 15 is 0 Å². The topological polar surface area (TPSA) is 47.9 Å². The summed E-state index contributed by atoms with van der Waals surface area (Å²) in [4.78, 5) is 7.69. The summed E-state index contributed by atoms with van der Waals surface area (Å²) in [6.45, 7) is 7.79. The van der Waals surface area contributed by atoms with Gasteiger partial charge < -0.3 is 15.3 Å². The molecule has 1 aromatic carbocycles. The van der Waals surface area contributed by atoms with Crippen LogP contribution in [0.1, 0.15) is 87.3 Å². The van der Waals surface area contributed by atoms with Gasteiger partial charge in [0.25, 0.3) is 0 Å². The first-order valence-electron chi connectivity index (χ1n) is 11.7. The smallest absolute Gasteiger partial charge is 0.105 e. The highest BCUT2D eigenvalue weighted by atomic mass is 16.3. The first-order valence-corrected chi connectivity index (χ1v) is 11.7. The summed E-state index contributed by atoms with van der Waals surface area (Å²) < 4.78 is 0. The summed E-state index contributed by atoms with van der Waals surface area (Å²) in [5.41, 5.74) is 5.55. The minimum atomic E-state index is 0.221. The lowest BCUT2D eigenvalue weighted by Gasteiger charge is -2.34. The number of aliphatic imine (C=N–C) groups is 1. The number of nitrogens with one attached hydrogen (secondary N) is 1. The molecule has 2 atom stereocenters. The molecule has 2 aliphatic heterocycles. The number of amidine groups is 1. The number of fused-ring (bicyclic) bond motifs is 1. The summed E-state index contributed by atoms with van der Waals surface area (Å²) in [6.07, 6.45) is 10.6. The quantitative estimate of drug-likeness (QED) is 0.780. The number of nitrogens with zero attached hydrogens (tertiary/aromatic N) is 2. The SMILES string of the molecule is CC1CCC(C)c2cc(C3=CCCCC(N4CCC(NCCO)CC4)=N3)ccc21. The van der Waals surface area contributed by atoms with Crippen LogP contribution >= 0.6 is 0 Å². The molecule has 4 rings (SSSR count). The second kappa shape index (κ2) is 9.44. The highest BCUT2D eigenvalue weighted by molar-refractivity contribution is 5.89. The van der Waals surface area contributed by atoms with Crippen LogP contribution < -0.4 is 5.32 Å². The highest BCUT2D eigenvalue weighted by Gasteiger charge is 2.24. The van der Waals surface area contributed by atoms with E-state index in [0.29, 0.717) is 24.4 Å². The average molecular weight is 396 g/mol. The molecular weight excluding hydrogens is 358 g/mol. The Bertz CT molecular complexity index is 761. The first kappa shape index (κ1) is 20.6. The van der Waals surface area contributed by atoms with Crippen molar-refractivity contribution in [1.29, 1.82) is 0 Å². The van der Waals surface area contributed by atoms with Gasteiger partial charge in [0.2, 0.25) is 0 Å². The van der Waals surface area contributed by atoms with E-state index in [2.05, 4.69) is 48.3 Å². The molecule has 1 saturated heterocycles. The molecule has 29 heavy (non-hydrogen) atoms. The van der Waals surface area contributed by atoms with Gasteiger partial charge in [-0.1, -0.05) is 32.1 Å². The van der Waals surface area contributed by atoms with E-state index in [0.717, 1.165) is 38.8 Å². The Labute approximate surface area is 176 Å². The molecule has 3 aliphatic rings. The van der Waals surface area contributed by atoms with Gasteiger partial charge >= 0.3 is 0 Å². The zero-order chi connectivity index (χ0) is 20.2. The van der Waals surface area contributed by atoms with Gasteiger partial charge in [0.05, 0.1) is 12.3 Å². The number of benzene rings is 1. The fourth-order valence-electron chi connectivity index (χ4n) is 5.18. The minimum absolute atomic E-state index is 0.221. The number of hydrogen-bond acceptors (Lipinski definition) is 4. The third kappa shape index (κ3) is 4.75. The van der Waals surface area contributed by atoms with E-state index in [4.69, 9.17) is 10.1 Å². The Kier molecular flexibility index (Phi) is 6.71. The average Bonchev–Trinajstić information content (AvgIpc) is 3.01. The lowest BCUT2D eigenvalue weighted by Crippen LogP contribution is -2.45. The van der Waals surface area contributed by atoms with Gasteiger partial charge in [0, 0.05) is 37.7 Å². The molecule has 1 fully saturated rings. The molecule has 1 aliphatic carbocycles. The molecule has 158 valence electrons. The first-order chi connectivity index (χ1) is 14.2. The van der Waals surface area contributed by atoms with Crippen molar-refractivity contribution in [3.8, 4) is 0 Å². The Morgan fingerprint density at radius 1 is 1.07 bits per heavy atom. The molecule has 2 unspecified atom stereocenters. The van der Waals surface area contributed by atoms with E-state index in [-0.39, 0.29) is 6.61 Å². The second-order valence-corrected chi connectivity index (χ2v) is 9.17. The van der Waals surface area contributed by atoms with Crippen molar-refractivity contribution in [2.75, 3.05) is 26.2 Å². The number of aliphatic hydroxyl groups excluding tert-OH is 1. The second-order valence-electron chi connectivity index (χ2n) is 9.17. The van der Waals surface area contributed by atoms with Gasteiger partial charge in [-0.25, -0.2) is 4.99 Å². The lowest BCUT2D eigenvalue weighted by molar-refractivity contribution is 0.247. The molecule has 0 spiro atoms. The number of allylic oxidation sites excluding steroid dienone is 1. The van der Waals surface area contributed by atoms with Crippen LogP contribution in [-0.4, -0.2) is 48.1 Å². The summed E-state index contributed by atoms with van der Waals surface area (Å²) in [6, 6.07) is 7.63. The summed E-state index contributed by atoms with van der Waals surface area (Å²) in [5.74, 6) is 2.60. The molecule has 0 radical (unpaired) electrons. The van der Waals surface area contributed by atoms with Crippen molar-refractivity contribution in [3.05, 3.63) is 41.0 Å². The zero-order valence-electron chi connectivity index (χ0n) is 18.2. The number of hydrogen-bond donors (Lipinski definition) is 2. The summed E-state index contributed by atoms with van der Waals surface area (Å²) in [5, 5.41) is 12.5. The zero-order valence-corrected chi connectivity index (χ0v) is 18.2. The standard InChI is InChI=1S/C25H37N3O/c1-18-7-8-19(2)23-17-20(9-10-22(18)23)24-5-3-4-6-25(27-24)28-14-11-21(12-15-28)26-13-16-29/h5,9-10,17-19,21,26,29H,3-4,6-8,11-16H2,1-2H3. The number of aliphatic hydroxyl groups is 1. The number of likely N-dealkylation sites (tertiary alicyclic amines) is 1. The van der Waals surface area contributed by atoms with Gasteiger partial charge in [-0.3, -0.25) is 0 Å². The van der Waals surface area contributed by atoms with E-state index in [9.17, 15) is 0 Å². The molecule has 4 nitrogen and oxygen atoms in total. The summed E-state index contributed by atoms with van der Waals surface area (Å²) in [7, 11) is 0. The van der Waals surface area contributed by atoms with Crippen LogP contribution in [0.15, 0.2) is 29.3 Å². The third-order valence-electron chi connectivity index (χ3n) is 7.07. The fourth-order valence-corrected chi connectivity index (χ4v) is 5.18. The van der Waals surface area contributed by atoms with Gasteiger partial charge in [0.15, 0.2) is 0 Å². The van der Waals surface area contributed by atoms with E-state index in [1.165, 1.54) is 36.4 Å². The number of piperidine rings is 1. The highest BCUT2D eigenvalue weighted by Crippen LogP contribution is 2.39. The van der Waals surface area contributed by atoms with Crippen LogP contribution in [0.2, 0.25) is 0 Å². The summed E-state index contributed by atoms with van der Waals surface area (Å²) >= 11 is 0. The maximum atomic E-state index is 9.03. The van der Waals surface area contributed by atoms with Crippen molar-refractivity contribution in [1.82, 2.24) is 10.2 Å². The Balaban J connectivity index is 1.51. The van der Waals surface area contributed by atoms with Gasteiger partial charge in [-0.2, -0.15) is 0 Å². The van der Waals surface area contributed by atoms with Crippen LogP contribution in [0.25, 0.3) is 5.70 Å². The van der Waals surface area contributed by atoms with Crippen molar-refractivity contribution >= 4 is 11.5 Å². The molecule has 0 amide bonds. The fraction of sp³-hybridized carbons (Fsp3) is 0.640. The van der Waals surface area contributed by atoms with E-state index in [1.54, 1.807) is 11.1 Å². The van der Waals surface area contributed by atoms with E-state index < -0.39 is 0 Å². The predicted molar refractivity (Wildman–Crippen MR) is 121 cm³/mol. The van der Waals surface area contributed by atoms with Crippen LogP contribution in [0.4, 0.5) is 0 Å². The van der Waals surface area contributed by atoms with Gasteiger partial charge in [-0.15, -0.1) is 0 Å². The minimum Gasteiger partial charge on any atom is -0.395 e. The predicted octanol–water partition coefficient (Wildman–Crippen LogP) is 4.66. The molecule has 0 aromatic heterocycles. The third-order valence-corrected chi connectivity index (χ3v) is 7.07. The van der Waals surface area contributed by atoms with Crippen molar-refractivity contribution < 1.29 is 5.11 Å². The molecule has 2 N–H and O–H groups in total. The maximum Gasteiger partial charge on any atom is 0.105 e. The Morgan fingerprint density at radius 2 is 1.83 bits per heavy atom. The van der Waals surface area contributed by atoms with Gasteiger partial charge in [0.1, 0.15) is 5.84 Å². The van der Waals surface area contributed by atoms with Crippen LogP contribution in [0.3, 0.4) is 0 Å². The number of rotatable bonds is 4. The van der Waals surface area contributed by atoms with E-state index in [1.807, 2.05) is 0 Å². The van der Waals surface area contributed by atoms with Crippen molar-refractivity contribution in [3.63, 3.8) is 0 Å². The maximum absolute atomic E-state index is 9.03. The molecule has 2 heterocycles. The molecule has 0 bridgehead atoms. The van der Waals surface area contributed by atoms with Crippen molar-refractivity contribution in [2.45, 2.75) is 76.7 Å². The molecular formula is C25H37N3O. The normalized spacial score (nSPS) is 25.8. The van der Waals surface area contributed by atoms with Crippen LogP contribution in [-0.2, 0) is 0 Å². The van der Waals surface area contributed by atoms with Gasteiger partial charge in [-0.05, 0) is 67.6 Å². The largest absolute Gasteiger partial charge is 0.395 e. The Morgan fingerprint density at radius 3 is 2.59 bits per heavy atom. The Hall–Kier alpha value is -1.65. The molecule has 1 aromatic rings. The molecule has 4 heteroatoms. The monoisotopic (exact) mass is 395 g/mol. The lowest BCUT2D eigenvalue weighted by atomic mass is 9.77.